The number of hydrogen-bond donors (Lipinski definition) is 0. The van der Waals surface area contributed by atoms with Gasteiger partial charge in [-0.25, -0.2) is 4.79 Å². The molecule has 0 saturated heterocycles. The van der Waals surface area contributed by atoms with Crippen LogP contribution < -0.4 is 4.74 Å². The summed E-state index contributed by atoms with van der Waals surface area (Å²) in [5.74, 6) is 0.410. The average molecular weight is 208 g/mol. The average Bonchev–Trinajstić information content (AvgIpc) is 2.14. The van der Waals surface area contributed by atoms with Crippen LogP contribution in [0.2, 0.25) is 0 Å². The predicted molar refractivity (Wildman–Crippen MR) is 55.5 cm³/mol. The molecule has 0 radical (unpaired) electrons. The van der Waals surface area contributed by atoms with E-state index in [9.17, 15) is 9.70 Å². The highest BCUT2D eigenvalue weighted by Crippen LogP contribution is 2.16. The van der Waals surface area contributed by atoms with Gasteiger partial charge in [0.15, 0.2) is 0 Å². The van der Waals surface area contributed by atoms with E-state index < -0.39 is 6.09 Å². The third-order valence-corrected chi connectivity index (χ3v) is 1.79. The van der Waals surface area contributed by atoms with E-state index in [2.05, 4.69) is 5.29 Å². The molecule has 0 spiro atoms. The van der Waals surface area contributed by atoms with Gasteiger partial charge in [0, 0.05) is 7.05 Å². The van der Waals surface area contributed by atoms with Crippen LogP contribution in [0.15, 0.2) is 23.5 Å². The third kappa shape index (κ3) is 3.05. The summed E-state index contributed by atoms with van der Waals surface area (Å²) in [6.07, 6.45) is -0.796. The van der Waals surface area contributed by atoms with Crippen LogP contribution in [-0.4, -0.2) is 18.1 Å². The second-order valence-corrected chi connectivity index (χ2v) is 3.30. The summed E-state index contributed by atoms with van der Waals surface area (Å²) >= 11 is 0. The first-order valence-corrected chi connectivity index (χ1v) is 4.40. The lowest BCUT2D eigenvalue weighted by Gasteiger charge is -2.08. The minimum absolute atomic E-state index is 0.410. The van der Waals surface area contributed by atoms with E-state index in [1.54, 1.807) is 12.1 Å². The van der Waals surface area contributed by atoms with Gasteiger partial charge in [-0.1, -0.05) is 6.07 Å². The zero-order valence-corrected chi connectivity index (χ0v) is 8.85. The summed E-state index contributed by atoms with van der Waals surface area (Å²) in [5.41, 5.74) is 1.97. The number of aryl methyl sites for hydroxylation is 2. The Bertz CT molecular complexity index is 370. The number of amides is 1. The number of rotatable bonds is 2. The van der Waals surface area contributed by atoms with E-state index >= 15 is 0 Å². The monoisotopic (exact) mass is 208 g/mol. The molecular weight excluding hydrogens is 196 g/mol. The Morgan fingerprint density at radius 2 is 1.80 bits per heavy atom. The largest absolute Gasteiger partial charge is 0.438 e. The molecule has 1 aromatic rings. The number of hydrogen-bond acceptors (Lipinski definition) is 4. The molecule has 0 aliphatic rings. The minimum Gasteiger partial charge on any atom is -0.409 e. The Morgan fingerprint density at radius 1 is 1.27 bits per heavy atom. The molecule has 0 fully saturated rings. The second kappa shape index (κ2) is 4.54. The normalized spacial score (nSPS) is 9.53. The molecule has 0 aliphatic heterocycles. The fourth-order valence-electron chi connectivity index (χ4n) is 1.19. The van der Waals surface area contributed by atoms with Crippen LogP contribution in [0.3, 0.4) is 0 Å². The van der Waals surface area contributed by atoms with Crippen LogP contribution in [0.5, 0.6) is 5.75 Å². The van der Waals surface area contributed by atoms with Gasteiger partial charge in [-0.2, -0.15) is 5.01 Å². The number of carbonyl (C=O) groups is 1. The first-order chi connectivity index (χ1) is 7.02. The van der Waals surface area contributed by atoms with E-state index in [-0.39, 0.29) is 0 Å². The van der Waals surface area contributed by atoms with Gasteiger partial charge in [-0.3, -0.25) is 0 Å². The summed E-state index contributed by atoms with van der Waals surface area (Å²) in [6, 6.07) is 5.38. The van der Waals surface area contributed by atoms with E-state index in [1.165, 1.54) is 7.05 Å². The molecule has 0 heterocycles. The third-order valence-electron chi connectivity index (χ3n) is 1.79. The molecule has 0 N–H and O–H groups in total. The molecule has 5 nitrogen and oxygen atoms in total. The van der Waals surface area contributed by atoms with Crippen molar-refractivity contribution in [1.82, 2.24) is 5.01 Å². The maximum atomic E-state index is 11.2. The molecule has 0 aromatic heterocycles. The van der Waals surface area contributed by atoms with Crippen LogP contribution in [0.4, 0.5) is 4.79 Å². The van der Waals surface area contributed by atoms with Gasteiger partial charge in [0.25, 0.3) is 0 Å². The minimum atomic E-state index is -0.796. The molecule has 5 heteroatoms. The van der Waals surface area contributed by atoms with Crippen LogP contribution >= 0.6 is 0 Å². The molecule has 0 unspecified atom stereocenters. The van der Waals surface area contributed by atoms with Gasteiger partial charge in [0.05, 0.1) is 5.29 Å². The highest BCUT2D eigenvalue weighted by molar-refractivity contribution is 5.70. The van der Waals surface area contributed by atoms with Gasteiger partial charge >= 0.3 is 6.09 Å². The molecule has 1 amide bonds. The molecule has 80 valence electrons. The fraction of sp³-hybridized carbons (Fsp3) is 0.300. The highest BCUT2D eigenvalue weighted by atomic mass is 16.6. The molecule has 0 aliphatic carbocycles. The van der Waals surface area contributed by atoms with Crippen molar-refractivity contribution in [3.05, 3.63) is 34.2 Å². The Hall–Kier alpha value is -1.91. The number of nitrogens with zero attached hydrogens (tertiary/aromatic N) is 2. The van der Waals surface area contributed by atoms with Gasteiger partial charge in [0.1, 0.15) is 5.75 Å². The topological polar surface area (TPSA) is 59.0 Å². The first-order valence-electron chi connectivity index (χ1n) is 4.40. The zero-order chi connectivity index (χ0) is 11.4. The van der Waals surface area contributed by atoms with Crippen molar-refractivity contribution >= 4 is 6.09 Å². The fourth-order valence-corrected chi connectivity index (χ4v) is 1.19. The quantitative estimate of drug-likeness (QED) is 0.554. The van der Waals surface area contributed by atoms with Gasteiger partial charge in [-0.05, 0) is 37.1 Å². The molecule has 15 heavy (non-hydrogen) atoms. The summed E-state index contributed by atoms with van der Waals surface area (Å²) in [4.78, 5) is 21.2. The SMILES string of the molecule is Cc1cc(C)cc(OC(=O)N(C)N=O)c1. The van der Waals surface area contributed by atoms with E-state index in [4.69, 9.17) is 4.74 Å². The van der Waals surface area contributed by atoms with Crippen molar-refractivity contribution in [3.8, 4) is 5.75 Å². The maximum absolute atomic E-state index is 11.2. The number of ether oxygens (including phenoxy) is 1. The van der Waals surface area contributed by atoms with Gasteiger partial charge in [-0.15, -0.1) is 4.91 Å². The lowest BCUT2D eigenvalue weighted by molar-refractivity contribution is 0.164. The summed E-state index contributed by atoms with van der Waals surface area (Å²) in [5, 5.41) is 3.03. The molecule has 0 atom stereocenters. The van der Waals surface area contributed by atoms with Crippen molar-refractivity contribution in [2.24, 2.45) is 5.29 Å². The van der Waals surface area contributed by atoms with E-state index in [0.29, 0.717) is 10.8 Å². The maximum Gasteiger partial charge on any atom is 0.438 e. The smallest absolute Gasteiger partial charge is 0.409 e. The van der Waals surface area contributed by atoms with Crippen molar-refractivity contribution in [2.75, 3.05) is 7.05 Å². The summed E-state index contributed by atoms with van der Waals surface area (Å²) < 4.78 is 4.92. The highest BCUT2D eigenvalue weighted by Gasteiger charge is 2.11. The lowest BCUT2D eigenvalue weighted by Crippen LogP contribution is -2.24. The number of benzene rings is 1. The predicted octanol–water partition coefficient (Wildman–Crippen LogP) is 2.42. The Balaban J connectivity index is 2.80. The molecule has 0 bridgehead atoms. The number of nitroso groups, excluding NO2 is 1. The van der Waals surface area contributed by atoms with Crippen LogP contribution in [0.25, 0.3) is 0 Å². The van der Waals surface area contributed by atoms with Crippen LogP contribution in [0.1, 0.15) is 11.1 Å². The van der Waals surface area contributed by atoms with Gasteiger partial charge < -0.3 is 4.74 Å². The molecule has 1 rings (SSSR count). The zero-order valence-electron chi connectivity index (χ0n) is 8.85. The summed E-state index contributed by atoms with van der Waals surface area (Å²) in [7, 11) is 1.23. The first kappa shape index (κ1) is 11.2. The summed E-state index contributed by atoms with van der Waals surface area (Å²) in [6.45, 7) is 3.79. The standard InChI is InChI=1S/C10H12N2O3/c1-7-4-8(2)6-9(5-7)15-10(13)12(3)11-14/h4-6H,1-3H3. The molecular formula is C10H12N2O3. The molecule has 0 saturated carbocycles. The number of carbonyl (C=O) groups excluding carboxylic acids is 1. The Kier molecular flexibility index (Phi) is 3.38. The van der Waals surface area contributed by atoms with Gasteiger partial charge in [0.2, 0.25) is 0 Å². The Morgan fingerprint density at radius 3 is 2.27 bits per heavy atom. The van der Waals surface area contributed by atoms with Crippen molar-refractivity contribution < 1.29 is 9.53 Å². The van der Waals surface area contributed by atoms with Crippen molar-refractivity contribution in [1.29, 1.82) is 0 Å². The van der Waals surface area contributed by atoms with Crippen LogP contribution in [-0.2, 0) is 0 Å². The molecule has 1 aromatic carbocycles. The van der Waals surface area contributed by atoms with Crippen molar-refractivity contribution in [3.63, 3.8) is 0 Å². The second-order valence-electron chi connectivity index (χ2n) is 3.30. The Labute approximate surface area is 87.6 Å². The van der Waals surface area contributed by atoms with Crippen LogP contribution in [0, 0.1) is 18.8 Å². The van der Waals surface area contributed by atoms with Crippen molar-refractivity contribution in [2.45, 2.75) is 13.8 Å². The van der Waals surface area contributed by atoms with E-state index in [1.807, 2.05) is 19.9 Å². The van der Waals surface area contributed by atoms with E-state index in [0.717, 1.165) is 11.1 Å². The lowest BCUT2D eigenvalue weighted by atomic mass is 10.1.